The first kappa shape index (κ1) is 26.3. The summed E-state index contributed by atoms with van der Waals surface area (Å²) in [6.45, 7) is 6.80. The van der Waals surface area contributed by atoms with Crippen LogP contribution in [0, 0.1) is 0 Å². The van der Waals surface area contributed by atoms with Crippen LogP contribution in [0.5, 0.6) is 11.5 Å². The third kappa shape index (κ3) is 5.26. The Morgan fingerprint density at radius 2 is 1.98 bits per heavy atom. The second-order valence-corrected chi connectivity index (χ2v) is 10.2. The van der Waals surface area contributed by atoms with Crippen molar-refractivity contribution < 1.29 is 14.2 Å². The van der Waals surface area contributed by atoms with E-state index in [0.717, 1.165) is 60.6 Å². The number of nitrogens with zero attached hydrogens (tertiary/aromatic N) is 6. The molecule has 0 bridgehead atoms. The molecule has 2 fully saturated rings. The normalized spacial score (nSPS) is 18.8. The zero-order chi connectivity index (χ0) is 27.5. The van der Waals surface area contributed by atoms with Gasteiger partial charge in [-0.3, -0.25) is 9.69 Å². The highest BCUT2D eigenvalue weighted by molar-refractivity contribution is 5.80. The quantitative estimate of drug-likeness (QED) is 0.339. The van der Waals surface area contributed by atoms with Gasteiger partial charge in [-0.25, -0.2) is 4.68 Å². The Bertz CT molecular complexity index is 1510. The number of pyridine rings is 1. The minimum absolute atomic E-state index is 0.0638. The summed E-state index contributed by atoms with van der Waals surface area (Å²) in [5.41, 5.74) is 2.28. The number of hydrogen-bond acceptors (Lipinski definition) is 9. The Balaban J connectivity index is 1.37. The van der Waals surface area contributed by atoms with Crippen LogP contribution in [0.25, 0.3) is 10.9 Å². The van der Waals surface area contributed by atoms with E-state index in [2.05, 4.69) is 36.4 Å². The molecule has 0 spiro atoms. The molecule has 4 aromatic rings. The van der Waals surface area contributed by atoms with Crippen LogP contribution in [-0.2, 0) is 11.3 Å². The molecular formula is C29H35N7O4. The van der Waals surface area contributed by atoms with Crippen molar-refractivity contribution in [2.24, 2.45) is 0 Å². The van der Waals surface area contributed by atoms with E-state index in [1.54, 1.807) is 7.11 Å². The summed E-state index contributed by atoms with van der Waals surface area (Å²) in [6.07, 6.45) is 2.07. The van der Waals surface area contributed by atoms with Gasteiger partial charge in [-0.15, -0.1) is 5.10 Å². The SMILES string of the molecule is CCOc1ccc2[nH]c(=O)c(C(c3nnnn3CC3CCCO3)N3CCN(c4ccccc4OC)CC3)cc2c1. The Morgan fingerprint density at radius 3 is 2.75 bits per heavy atom. The maximum Gasteiger partial charge on any atom is 0.253 e. The summed E-state index contributed by atoms with van der Waals surface area (Å²) in [7, 11) is 1.70. The number of piperazine rings is 1. The van der Waals surface area contributed by atoms with E-state index >= 15 is 0 Å². The fourth-order valence-corrected chi connectivity index (χ4v) is 5.79. The van der Waals surface area contributed by atoms with Crippen molar-refractivity contribution in [3.63, 3.8) is 0 Å². The highest BCUT2D eigenvalue weighted by Gasteiger charge is 2.34. The number of fused-ring (bicyclic) bond motifs is 1. The summed E-state index contributed by atoms with van der Waals surface area (Å²) < 4.78 is 19.0. The third-order valence-electron chi connectivity index (χ3n) is 7.76. The molecule has 40 heavy (non-hydrogen) atoms. The second-order valence-electron chi connectivity index (χ2n) is 10.2. The average Bonchev–Trinajstić information content (AvgIpc) is 3.67. The first-order valence-electron chi connectivity index (χ1n) is 13.9. The first-order valence-corrected chi connectivity index (χ1v) is 13.9. The van der Waals surface area contributed by atoms with Crippen molar-refractivity contribution in [3.8, 4) is 11.5 Å². The van der Waals surface area contributed by atoms with Gasteiger partial charge in [-0.05, 0) is 66.6 Å². The average molecular weight is 546 g/mol. The van der Waals surface area contributed by atoms with Gasteiger partial charge in [0.15, 0.2) is 5.82 Å². The molecule has 2 aliphatic heterocycles. The number of anilines is 1. The summed E-state index contributed by atoms with van der Waals surface area (Å²) in [4.78, 5) is 21.3. The molecule has 2 aliphatic rings. The Hall–Kier alpha value is -3.96. The minimum atomic E-state index is -0.430. The number of para-hydroxylation sites is 2. The number of rotatable bonds is 9. The highest BCUT2D eigenvalue weighted by atomic mass is 16.5. The van der Waals surface area contributed by atoms with Crippen LogP contribution >= 0.6 is 0 Å². The van der Waals surface area contributed by atoms with Crippen molar-refractivity contribution in [1.29, 1.82) is 0 Å². The number of hydrogen-bond donors (Lipinski definition) is 1. The molecule has 2 aromatic carbocycles. The number of tetrazole rings is 1. The standard InChI is InChI=1S/C29H35N7O4/c1-3-39-21-10-11-24-20(17-21)18-23(29(37)30-24)27(28-31-32-33-36(28)19-22-7-6-16-40-22)35-14-12-34(13-15-35)25-8-4-5-9-26(25)38-2/h4-5,8-11,17-18,22,27H,3,6-7,12-16,19H2,1-2H3,(H,30,37). The molecule has 2 saturated heterocycles. The number of ether oxygens (including phenoxy) is 3. The lowest BCUT2D eigenvalue weighted by molar-refractivity contribution is 0.0906. The van der Waals surface area contributed by atoms with E-state index in [4.69, 9.17) is 14.2 Å². The Morgan fingerprint density at radius 1 is 1.12 bits per heavy atom. The van der Waals surface area contributed by atoms with Gasteiger partial charge in [0.2, 0.25) is 0 Å². The second kappa shape index (κ2) is 11.6. The number of H-pyrrole nitrogens is 1. The van der Waals surface area contributed by atoms with Gasteiger partial charge < -0.3 is 24.1 Å². The van der Waals surface area contributed by atoms with Gasteiger partial charge in [0, 0.05) is 49.3 Å². The van der Waals surface area contributed by atoms with Crippen LogP contribution in [0.2, 0.25) is 0 Å². The van der Waals surface area contributed by atoms with Crippen molar-refractivity contribution >= 4 is 16.6 Å². The third-order valence-corrected chi connectivity index (χ3v) is 7.76. The predicted molar refractivity (Wildman–Crippen MR) is 151 cm³/mol. The number of methoxy groups -OCH3 is 1. The van der Waals surface area contributed by atoms with E-state index in [0.29, 0.717) is 37.6 Å². The number of benzene rings is 2. The molecule has 1 N–H and O–H groups in total. The number of aromatic amines is 1. The summed E-state index contributed by atoms with van der Waals surface area (Å²) in [6, 6.07) is 15.3. The maximum atomic E-state index is 13.6. The van der Waals surface area contributed by atoms with Gasteiger partial charge in [0.1, 0.15) is 17.5 Å². The fourth-order valence-electron chi connectivity index (χ4n) is 5.79. The molecule has 0 amide bonds. The van der Waals surface area contributed by atoms with Gasteiger partial charge in [-0.2, -0.15) is 0 Å². The fraction of sp³-hybridized carbons (Fsp3) is 0.448. The lowest BCUT2D eigenvalue weighted by Crippen LogP contribution is -2.49. The molecule has 0 aliphatic carbocycles. The molecule has 6 rings (SSSR count). The molecule has 2 atom stereocenters. The van der Waals surface area contributed by atoms with Crippen LogP contribution in [-0.4, -0.2) is 82.7 Å². The Labute approximate surface area is 232 Å². The molecule has 4 heterocycles. The Kier molecular flexibility index (Phi) is 7.65. The van der Waals surface area contributed by atoms with E-state index < -0.39 is 6.04 Å². The van der Waals surface area contributed by atoms with Gasteiger partial charge in [0.25, 0.3) is 5.56 Å². The maximum absolute atomic E-state index is 13.6. The van der Waals surface area contributed by atoms with E-state index in [9.17, 15) is 4.79 Å². The van der Waals surface area contributed by atoms with Gasteiger partial charge in [-0.1, -0.05) is 12.1 Å². The topological polar surface area (TPSA) is 111 Å². The molecular weight excluding hydrogens is 510 g/mol. The minimum Gasteiger partial charge on any atom is -0.495 e. The first-order chi connectivity index (χ1) is 19.6. The molecule has 0 saturated carbocycles. The highest BCUT2D eigenvalue weighted by Crippen LogP contribution is 2.32. The summed E-state index contributed by atoms with van der Waals surface area (Å²) in [5.74, 6) is 2.26. The van der Waals surface area contributed by atoms with Crippen LogP contribution in [0.1, 0.15) is 37.2 Å². The molecule has 2 aromatic heterocycles. The lowest BCUT2D eigenvalue weighted by atomic mass is 10.0. The predicted octanol–water partition coefficient (Wildman–Crippen LogP) is 3.01. The van der Waals surface area contributed by atoms with Crippen LogP contribution in [0.4, 0.5) is 5.69 Å². The van der Waals surface area contributed by atoms with E-state index in [1.165, 1.54) is 0 Å². The molecule has 2 unspecified atom stereocenters. The van der Waals surface area contributed by atoms with Crippen molar-refractivity contribution in [1.82, 2.24) is 30.1 Å². The van der Waals surface area contributed by atoms with Gasteiger partial charge in [0.05, 0.1) is 32.1 Å². The van der Waals surface area contributed by atoms with E-state index in [1.807, 2.05) is 54.1 Å². The summed E-state index contributed by atoms with van der Waals surface area (Å²) >= 11 is 0. The lowest BCUT2D eigenvalue weighted by Gasteiger charge is -2.40. The largest absolute Gasteiger partial charge is 0.495 e. The number of nitrogens with one attached hydrogen (secondary N) is 1. The van der Waals surface area contributed by atoms with Crippen LogP contribution in [0.3, 0.4) is 0 Å². The number of aromatic nitrogens is 5. The van der Waals surface area contributed by atoms with Crippen molar-refractivity contribution in [2.75, 3.05) is 51.4 Å². The zero-order valence-corrected chi connectivity index (χ0v) is 23.0. The van der Waals surface area contributed by atoms with Crippen LogP contribution < -0.4 is 19.9 Å². The molecule has 11 heteroatoms. The van der Waals surface area contributed by atoms with Crippen molar-refractivity contribution in [3.05, 3.63) is 70.3 Å². The monoisotopic (exact) mass is 545 g/mol. The molecule has 210 valence electrons. The van der Waals surface area contributed by atoms with Crippen molar-refractivity contribution in [2.45, 2.75) is 38.5 Å². The van der Waals surface area contributed by atoms with Crippen LogP contribution in [0.15, 0.2) is 53.3 Å². The molecule has 0 radical (unpaired) electrons. The van der Waals surface area contributed by atoms with E-state index in [-0.39, 0.29) is 11.7 Å². The summed E-state index contributed by atoms with van der Waals surface area (Å²) in [5, 5.41) is 13.7. The van der Waals surface area contributed by atoms with Gasteiger partial charge >= 0.3 is 0 Å². The molecule has 11 nitrogen and oxygen atoms in total. The smallest absolute Gasteiger partial charge is 0.253 e. The zero-order valence-electron chi connectivity index (χ0n) is 23.0.